The second-order valence-corrected chi connectivity index (χ2v) is 6.37. The van der Waals surface area contributed by atoms with E-state index in [0.717, 1.165) is 28.1 Å². The first kappa shape index (κ1) is 18.3. The molecule has 0 radical (unpaired) electrons. The fourth-order valence-electron chi connectivity index (χ4n) is 1.79. The smallest absolute Gasteiger partial charge is 0.186 e. The lowest BCUT2D eigenvalue weighted by atomic mass is 10.1. The monoisotopic (exact) mass is 362 g/mol. The molecule has 1 atom stereocenters. The van der Waals surface area contributed by atoms with Crippen molar-refractivity contribution in [1.29, 1.82) is 0 Å². The summed E-state index contributed by atoms with van der Waals surface area (Å²) in [7, 11) is 0. The average Bonchev–Trinajstić information content (AvgIpc) is 2.60. The van der Waals surface area contributed by atoms with Gasteiger partial charge in [-0.05, 0) is 47.5 Å². The molecule has 124 valence electrons. The molecule has 0 bridgehead atoms. The van der Waals surface area contributed by atoms with Crippen molar-refractivity contribution < 1.29 is 23.1 Å². The van der Waals surface area contributed by atoms with E-state index in [0.29, 0.717) is 4.90 Å². The van der Waals surface area contributed by atoms with Crippen molar-refractivity contribution in [1.82, 2.24) is 0 Å². The van der Waals surface area contributed by atoms with Crippen molar-refractivity contribution in [2.45, 2.75) is 9.79 Å². The second kappa shape index (κ2) is 9.31. The topological polar surface area (TPSA) is 83.8 Å². The number of carbonyl (C=O) groups excluding carboxylic acids is 1. The maximum atomic E-state index is 11.8. The van der Waals surface area contributed by atoms with Crippen LogP contribution in [0.4, 0.5) is 0 Å². The van der Waals surface area contributed by atoms with Gasteiger partial charge >= 0.3 is 0 Å². The Hall–Kier alpha value is -2.03. The third kappa shape index (κ3) is 5.88. The van der Waals surface area contributed by atoms with Gasteiger partial charge in [-0.15, -0.1) is 0 Å². The van der Waals surface area contributed by atoms with Crippen LogP contribution in [0.2, 0.25) is 0 Å². The van der Waals surface area contributed by atoms with Crippen molar-refractivity contribution in [2.24, 2.45) is 0 Å². The summed E-state index contributed by atoms with van der Waals surface area (Å²) in [6.07, 6.45) is 6.18. The lowest BCUT2D eigenvalue weighted by Crippen LogP contribution is -1.88. The van der Waals surface area contributed by atoms with Gasteiger partial charge in [-0.3, -0.25) is 4.79 Å². The summed E-state index contributed by atoms with van der Waals surface area (Å²) in [6, 6.07) is 13.5. The minimum atomic E-state index is -2.00. The van der Waals surface area contributed by atoms with Gasteiger partial charge in [-0.1, -0.05) is 36.4 Å². The van der Waals surface area contributed by atoms with Crippen LogP contribution in [0.3, 0.4) is 0 Å². The minimum absolute atomic E-state index is 0.179. The molecular formula is C17H14O5S2. The van der Waals surface area contributed by atoms with Crippen LogP contribution in [0.5, 0.6) is 0 Å². The molecule has 2 aromatic rings. The average molecular weight is 362 g/mol. The first-order valence-corrected chi connectivity index (χ1v) is 8.62. The SMILES string of the molecule is O=C(/C=C/c1ccc(SOO)cc1)/C=C/c1ccc(S(=O)O)cc1. The Morgan fingerprint density at radius 1 is 0.958 bits per heavy atom. The molecule has 0 aliphatic rings. The van der Waals surface area contributed by atoms with Crippen molar-refractivity contribution in [2.75, 3.05) is 0 Å². The number of benzene rings is 2. The molecule has 0 aliphatic carbocycles. The van der Waals surface area contributed by atoms with Crippen molar-refractivity contribution in [3.63, 3.8) is 0 Å². The van der Waals surface area contributed by atoms with Gasteiger partial charge in [0.05, 0.1) is 16.9 Å². The quantitative estimate of drug-likeness (QED) is 0.254. The predicted molar refractivity (Wildman–Crippen MR) is 94.6 cm³/mol. The summed E-state index contributed by atoms with van der Waals surface area (Å²) in [6.45, 7) is 0. The zero-order chi connectivity index (χ0) is 17.4. The highest BCUT2D eigenvalue weighted by molar-refractivity contribution is 7.94. The third-order valence-electron chi connectivity index (χ3n) is 2.98. The van der Waals surface area contributed by atoms with E-state index < -0.39 is 11.1 Å². The van der Waals surface area contributed by atoms with Gasteiger partial charge in [0.15, 0.2) is 16.9 Å². The first-order valence-electron chi connectivity index (χ1n) is 6.77. The maximum absolute atomic E-state index is 11.8. The summed E-state index contributed by atoms with van der Waals surface area (Å²) in [5, 5.41) is 8.33. The van der Waals surface area contributed by atoms with Crippen molar-refractivity contribution >= 4 is 41.1 Å². The van der Waals surface area contributed by atoms with Crippen LogP contribution in [0.25, 0.3) is 12.2 Å². The lowest BCUT2D eigenvalue weighted by Gasteiger charge is -1.97. The van der Waals surface area contributed by atoms with Crippen LogP contribution < -0.4 is 0 Å². The van der Waals surface area contributed by atoms with Gasteiger partial charge in [-0.2, -0.15) is 4.33 Å². The highest BCUT2D eigenvalue weighted by atomic mass is 32.2. The van der Waals surface area contributed by atoms with E-state index >= 15 is 0 Å². The van der Waals surface area contributed by atoms with Crippen molar-refractivity contribution in [3.8, 4) is 0 Å². The molecule has 0 heterocycles. The van der Waals surface area contributed by atoms with E-state index in [9.17, 15) is 9.00 Å². The Kier molecular flexibility index (Phi) is 7.10. The van der Waals surface area contributed by atoms with Crippen LogP contribution in [0.15, 0.2) is 70.5 Å². The Morgan fingerprint density at radius 3 is 1.92 bits per heavy atom. The zero-order valence-electron chi connectivity index (χ0n) is 12.4. The van der Waals surface area contributed by atoms with E-state index in [1.807, 2.05) is 0 Å². The molecule has 0 fully saturated rings. The summed E-state index contributed by atoms with van der Waals surface area (Å²) >= 11 is -1.17. The van der Waals surface area contributed by atoms with Gasteiger partial charge in [0, 0.05) is 4.90 Å². The first-order chi connectivity index (χ1) is 11.6. The molecule has 2 rings (SSSR count). The van der Waals surface area contributed by atoms with Crippen LogP contribution in [0.1, 0.15) is 11.1 Å². The van der Waals surface area contributed by atoms with Gasteiger partial charge < -0.3 is 4.55 Å². The van der Waals surface area contributed by atoms with E-state index in [-0.39, 0.29) is 5.78 Å². The molecule has 0 aliphatic heterocycles. The third-order valence-corrected chi connectivity index (χ3v) is 4.19. The molecule has 24 heavy (non-hydrogen) atoms. The largest absolute Gasteiger partial charge is 0.302 e. The normalized spacial score (nSPS) is 12.8. The number of ketones is 1. The van der Waals surface area contributed by atoms with E-state index in [2.05, 4.69) is 4.33 Å². The van der Waals surface area contributed by atoms with Crippen LogP contribution in [-0.2, 0) is 20.2 Å². The summed E-state index contributed by atoms with van der Waals surface area (Å²) in [5.74, 6) is -0.179. The number of hydrogen-bond acceptors (Lipinski definition) is 5. The number of carbonyl (C=O) groups is 1. The van der Waals surface area contributed by atoms with E-state index in [4.69, 9.17) is 9.81 Å². The Balaban J connectivity index is 1.95. The highest BCUT2D eigenvalue weighted by Crippen LogP contribution is 2.18. The second-order valence-electron chi connectivity index (χ2n) is 4.61. The standard InChI is InChI=1S/C17H14O5S2/c18-15(7-1-13-3-9-16(10-4-13)23-22-19)8-2-14-5-11-17(12-6-14)24(20)21/h1-12,19H,(H,20,21)/b7-1+,8-2+. The zero-order valence-corrected chi connectivity index (χ0v) is 14.0. The molecule has 5 nitrogen and oxygen atoms in total. The highest BCUT2D eigenvalue weighted by Gasteiger charge is 1.98. The molecule has 0 saturated carbocycles. The lowest BCUT2D eigenvalue weighted by molar-refractivity contribution is -0.116. The molecule has 2 N–H and O–H groups in total. The molecule has 0 aromatic heterocycles. The number of rotatable bonds is 7. The fraction of sp³-hybridized carbons (Fsp3) is 0. The molecule has 0 spiro atoms. The number of allylic oxidation sites excluding steroid dienone is 2. The maximum Gasteiger partial charge on any atom is 0.186 e. The summed E-state index contributed by atoms with van der Waals surface area (Å²) < 4.78 is 23.8. The summed E-state index contributed by atoms with van der Waals surface area (Å²) in [4.78, 5) is 12.9. The van der Waals surface area contributed by atoms with Gasteiger partial charge in [0.25, 0.3) is 0 Å². The van der Waals surface area contributed by atoms with Gasteiger partial charge in [-0.25, -0.2) is 9.47 Å². The molecule has 1 unspecified atom stereocenters. The Bertz CT molecular complexity index is 765. The van der Waals surface area contributed by atoms with Crippen LogP contribution in [-0.4, -0.2) is 19.8 Å². The molecule has 0 saturated heterocycles. The Labute approximate surface area is 146 Å². The van der Waals surface area contributed by atoms with E-state index in [1.54, 1.807) is 48.6 Å². The fourth-order valence-corrected chi connectivity index (χ4v) is 2.49. The molecule has 7 heteroatoms. The molecule has 2 aromatic carbocycles. The molecular weight excluding hydrogens is 348 g/mol. The minimum Gasteiger partial charge on any atom is -0.302 e. The Morgan fingerprint density at radius 2 is 1.46 bits per heavy atom. The van der Waals surface area contributed by atoms with Crippen LogP contribution >= 0.6 is 12.0 Å². The van der Waals surface area contributed by atoms with Crippen molar-refractivity contribution in [3.05, 3.63) is 71.8 Å². The van der Waals surface area contributed by atoms with Crippen LogP contribution in [0, 0.1) is 0 Å². The molecule has 0 amide bonds. The number of hydrogen-bond donors (Lipinski definition) is 2. The van der Waals surface area contributed by atoms with E-state index in [1.165, 1.54) is 24.3 Å². The van der Waals surface area contributed by atoms with Gasteiger partial charge in [0.2, 0.25) is 0 Å². The van der Waals surface area contributed by atoms with Gasteiger partial charge in [0.1, 0.15) is 0 Å². The predicted octanol–water partition coefficient (Wildman–Crippen LogP) is 4.06. The summed E-state index contributed by atoms with van der Waals surface area (Å²) in [5.41, 5.74) is 1.60.